The van der Waals surface area contributed by atoms with Crippen LogP contribution < -0.4 is 10.1 Å². The molecule has 100 valence electrons. The molecule has 3 nitrogen and oxygen atoms in total. The first-order chi connectivity index (χ1) is 8.63. The Labute approximate surface area is 114 Å². The molecule has 0 aliphatic carbocycles. The van der Waals surface area contributed by atoms with Crippen LogP contribution in [0.15, 0.2) is 18.3 Å². The van der Waals surface area contributed by atoms with Gasteiger partial charge in [-0.05, 0) is 23.7 Å². The fraction of sp³-hybridized carbons (Fsp3) is 0.643. The van der Waals surface area contributed by atoms with Crippen LogP contribution in [0.4, 0.5) is 0 Å². The number of nitrogens with one attached hydrogen (secondary N) is 1. The number of hydrogen-bond acceptors (Lipinski definition) is 4. The van der Waals surface area contributed by atoms with Crippen molar-refractivity contribution in [1.82, 2.24) is 10.3 Å². The van der Waals surface area contributed by atoms with Gasteiger partial charge in [0, 0.05) is 30.1 Å². The zero-order valence-corrected chi connectivity index (χ0v) is 12.2. The van der Waals surface area contributed by atoms with Gasteiger partial charge in [0.25, 0.3) is 0 Å². The summed E-state index contributed by atoms with van der Waals surface area (Å²) in [7, 11) is 1.67. The maximum atomic E-state index is 5.28. The standard InChI is InChI=1S/C14H22N2OS/c1-14(2)6-8-18-10-12(14)16-9-11-5-4-7-15-13(11)17-3/h4-5,7,12,16H,6,8-10H2,1-3H3. The lowest BCUT2D eigenvalue weighted by Crippen LogP contribution is -2.46. The number of rotatable bonds is 4. The average molecular weight is 266 g/mol. The minimum atomic E-state index is 0.376. The molecule has 1 aliphatic rings. The first-order valence-corrected chi connectivity index (χ1v) is 7.58. The van der Waals surface area contributed by atoms with Crippen LogP contribution in [0.3, 0.4) is 0 Å². The predicted octanol–water partition coefficient (Wildman–Crippen LogP) is 2.71. The van der Waals surface area contributed by atoms with Gasteiger partial charge in [-0.1, -0.05) is 19.9 Å². The highest BCUT2D eigenvalue weighted by Gasteiger charge is 2.32. The van der Waals surface area contributed by atoms with Crippen molar-refractivity contribution in [3.63, 3.8) is 0 Å². The van der Waals surface area contributed by atoms with Crippen LogP contribution >= 0.6 is 11.8 Å². The van der Waals surface area contributed by atoms with E-state index in [-0.39, 0.29) is 0 Å². The molecule has 0 spiro atoms. The lowest BCUT2D eigenvalue weighted by Gasteiger charge is -2.39. The number of ether oxygens (including phenoxy) is 1. The van der Waals surface area contributed by atoms with E-state index in [0.717, 1.165) is 18.0 Å². The number of hydrogen-bond donors (Lipinski definition) is 1. The summed E-state index contributed by atoms with van der Waals surface area (Å²) in [6, 6.07) is 4.59. The van der Waals surface area contributed by atoms with Crippen LogP contribution in [-0.2, 0) is 6.54 Å². The third kappa shape index (κ3) is 3.18. The summed E-state index contributed by atoms with van der Waals surface area (Å²) in [5.74, 6) is 3.20. The molecule has 1 unspecified atom stereocenters. The Bertz CT molecular complexity index is 395. The van der Waals surface area contributed by atoms with Crippen molar-refractivity contribution >= 4 is 11.8 Å². The van der Waals surface area contributed by atoms with Crippen molar-refractivity contribution < 1.29 is 4.74 Å². The van der Waals surface area contributed by atoms with Crippen LogP contribution in [0.5, 0.6) is 5.88 Å². The highest BCUT2D eigenvalue weighted by Crippen LogP contribution is 2.34. The van der Waals surface area contributed by atoms with E-state index in [9.17, 15) is 0 Å². The van der Waals surface area contributed by atoms with Crippen molar-refractivity contribution in [3.8, 4) is 5.88 Å². The highest BCUT2D eigenvalue weighted by atomic mass is 32.2. The summed E-state index contributed by atoms with van der Waals surface area (Å²) >= 11 is 2.04. The van der Waals surface area contributed by atoms with Gasteiger partial charge in [-0.2, -0.15) is 11.8 Å². The normalized spacial score (nSPS) is 22.7. The maximum absolute atomic E-state index is 5.28. The highest BCUT2D eigenvalue weighted by molar-refractivity contribution is 7.99. The molecule has 0 amide bonds. The number of thioether (sulfide) groups is 1. The van der Waals surface area contributed by atoms with Gasteiger partial charge in [0.05, 0.1) is 7.11 Å². The molecule has 1 aromatic rings. The Hall–Kier alpha value is -0.740. The van der Waals surface area contributed by atoms with Gasteiger partial charge >= 0.3 is 0 Å². The molecule has 0 saturated carbocycles. The average Bonchev–Trinajstić information content (AvgIpc) is 2.37. The predicted molar refractivity (Wildman–Crippen MR) is 77.1 cm³/mol. The van der Waals surface area contributed by atoms with E-state index in [1.807, 2.05) is 17.8 Å². The van der Waals surface area contributed by atoms with Crippen molar-refractivity contribution in [1.29, 1.82) is 0 Å². The molecule has 1 saturated heterocycles. The second kappa shape index (κ2) is 5.93. The third-order valence-corrected chi connectivity index (χ3v) is 4.76. The van der Waals surface area contributed by atoms with Gasteiger partial charge in [-0.25, -0.2) is 4.98 Å². The van der Waals surface area contributed by atoms with Gasteiger partial charge in [-0.15, -0.1) is 0 Å². The van der Waals surface area contributed by atoms with Crippen LogP contribution in [0.1, 0.15) is 25.8 Å². The van der Waals surface area contributed by atoms with Crippen molar-refractivity contribution in [2.75, 3.05) is 18.6 Å². The first-order valence-electron chi connectivity index (χ1n) is 6.42. The second-order valence-corrected chi connectivity index (χ2v) is 6.57. The zero-order valence-electron chi connectivity index (χ0n) is 11.4. The molecule has 2 rings (SSSR count). The molecular formula is C14H22N2OS. The van der Waals surface area contributed by atoms with E-state index >= 15 is 0 Å². The van der Waals surface area contributed by atoms with E-state index in [2.05, 4.69) is 30.2 Å². The van der Waals surface area contributed by atoms with E-state index in [1.165, 1.54) is 17.9 Å². The second-order valence-electron chi connectivity index (χ2n) is 5.42. The monoisotopic (exact) mass is 266 g/mol. The quantitative estimate of drug-likeness (QED) is 0.908. The number of pyridine rings is 1. The van der Waals surface area contributed by atoms with Gasteiger partial charge in [0.2, 0.25) is 5.88 Å². The number of methoxy groups -OCH3 is 1. The molecular weight excluding hydrogens is 244 g/mol. The zero-order chi connectivity index (χ0) is 13.0. The SMILES string of the molecule is COc1ncccc1CNC1CSCCC1(C)C. The summed E-state index contributed by atoms with van der Waals surface area (Å²) in [6.45, 7) is 5.53. The summed E-state index contributed by atoms with van der Waals surface area (Å²) in [4.78, 5) is 4.23. The van der Waals surface area contributed by atoms with Crippen LogP contribution in [0.25, 0.3) is 0 Å². The van der Waals surface area contributed by atoms with Crippen molar-refractivity contribution in [2.24, 2.45) is 5.41 Å². The Kier molecular flexibility index (Phi) is 4.51. The largest absolute Gasteiger partial charge is 0.481 e. The van der Waals surface area contributed by atoms with Crippen molar-refractivity contribution in [2.45, 2.75) is 32.9 Å². The van der Waals surface area contributed by atoms with Gasteiger partial charge < -0.3 is 10.1 Å². The minimum Gasteiger partial charge on any atom is -0.481 e. The third-order valence-electron chi connectivity index (χ3n) is 3.70. The molecule has 4 heteroatoms. The fourth-order valence-electron chi connectivity index (χ4n) is 2.25. The molecule has 1 aromatic heterocycles. The topological polar surface area (TPSA) is 34.1 Å². The smallest absolute Gasteiger partial charge is 0.217 e. The molecule has 1 N–H and O–H groups in total. The summed E-state index contributed by atoms with van der Waals surface area (Å²) < 4.78 is 5.28. The maximum Gasteiger partial charge on any atom is 0.217 e. The summed E-state index contributed by atoms with van der Waals surface area (Å²) in [6.07, 6.45) is 3.04. The molecule has 1 atom stereocenters. The van der Waals surface area contributed by atoms with E-state index in [4.69, 9.17) is 4.74 Å². The lowest BCUT2D eigenvalue weighted by molar-refractivity contribution is 0.244. The Morgan fingerprint density at radius 3 is 3.11 bits per heavy atom. The number of nitrogens with zero attached hydrogens (tertiary/aromatic N) is 1. The molecule has 18 heavy (non-hydrogen) atoms. The molecule has 0 radical (unpaired) electrons. The van der Waals surface area contributed by atoms with Crippen LogP contribution in [-0.4, -0.2) is 29.6 Å². The van der Waals surface area contributed by atoms with Gasteiger partial charge in [-0.3, -0.25) is 0 Å². The van der Waals surface area contributed by atoms with Crippen molar-refractivity contribution in [3.05, 3.63) is 23.9 Å². The first kappa shape index (κ1) is 13.7. The molecule has 2 heterocycles. The Morgan fingerprint density at radius 2 is 2.39 bits per heavy atom. The van der Waals surface area contributed by atoms with E-state index in [0.29, 0.717) is 11.5 Å². The Balaban J connectivity index is 1.98. The van der Waals surface area contributed by atoms with E-state index in [1.54, 1.807) is 13.3 Å². The van der Waals surface area contributed by atoms with E-state index < -0.39 is 0 Å². The molecule has 0 bridgehead atoms. The van der Waals surface area contributed by atoms with Crippen LogP contribution in [0.2, 0.25) is 0 Å². The fourth-order valence-corrected chi connectivity index (χ4v) is 3.89. The van der Waals surface area contributed by atoms with Gasteiger partial charge in [0.1, 0.15) is 0 Å². The minimum absolute atomic E-state index is 0.376. The number of aromatic nitrogens is 1. The van der Waals surface area contributed by atoms with Crippen LogP contribution in [0, 0.1) is 5.41 Å². The molecule has 0 aromatic carbocycles. The Morgan fingerprint density at radius 1 is 1.56 bits per heavy atom. The summed E-state index contributed by atoms with van der Waals surface area (Å²) in [5.41, 5.74) is 1.51. The molecule has 1 fully saturated rings. The molecule has 1 aliphatic heterocycles. The summed E-state index contributed by atoms with van der Waals surface area (Å²) in [5, 5.41) is 3.66. The lowest BCUT2D eigenvalue weighted by atomic mass is 9.82. The van der Waals surface area contributed by atoms with Gasteiger partial charge in [0.15, 0.2) is 0 Å².